The van der Waals surface area contributed by atoms with Crippen LogP contribution in [0.2, 0.25) is 0 Å². The molecule has 0 heterocycles. The van der Waals surface area contributed by atoms with Crippen molar-refractivity contribution >= 4 is 6.29 Å². The van der Waals surface area contributed by atoms with Gasteiger partial charge in [0.1, 0.15) is 24.4 Å². The third-order valence-electron chi connectivity index (χ3n) is 1.50. The van der Waals surface area contributed by atoms with Gasteiger partial charge in [-0.2, -0.15) is 0 Å². The van der Waals surface area contributed by atoms with Gasteiger partial charge in [0, 0.05) is 0 Å². The van der Waals surface area contributed by atoms with E-state index in [1.165, 1.54) is 0 Å². The minimum atomic E-state index is -1.76. The van der Waals surface area contributed by atoms with Crippen LogP contribution in [-0.2, 0) is 9.63 Å². The highest BCUT2D eigenvalue weighted by molar-refractivity contribution is 5.56. The Kier molecular flexibility index (Phi) is 5.71. The van der Waals surface area contributed by atoms with E-state index in [1.807, 2.05) is 0 Å². The maximum absolute atomic E-state index is 9.97. The van der Waals surface area contributed by atoms with Crippen LogP contribution in [0.5, 0.6) is 0 Å². The minimum absolute atomic E-state index is 0.0455. The van der Waals surface area contributed by atoms with E-state index in [9.17, 15) is 4.79 Å². The molecule has 7 nitrogen and oxygen atoms in total. The zero-order valence-corrected chi connectivity index (χ0v) is 6.78. The molecule has 0 aromatic heterocycles. The first-order valence-corrected chi connectivity index (χ1v) is 3.53. The summed E-state index contributed by atoms with van der Waals surface area (Å²) in [5, 5.41) is 35.8. The van der Waals surface area contributed by atoms with Crippen LogP contribution >= 0.6 is 0 Å². The van der Waals surface area contributed by atoms with E-state index < -0.39 is 31.0 Å². The summed E-state index contributed by atoms with van der Waals surface area (Å²) in [4.78, 5) is 14.0. The molecular weight excluding hydrogens is 182 g/mol. The fraction of sp³-hybridized carbons (Fsp3) is 0.833. The first-order valence-electron chi connectivity index (χ1n) is 3.53. The number of rotatable bonds is 6. The molecule has 0 aliphatic rings. The zero-order valence-electron chi connectivity index (χ0n) is 6.78. The van der Waals surface area contributed by atoms with Gasteiger partial charge in [-0.05, 0) is 0 Å². The van der Waals surface area contributed by atoms with Crippen molar-refractivity contribution in [3.8, 4) is 0 Å². The molecule has 7 heteroatoms. The standard InChI is InChI=1S/C6H13NO6/c7-13-2-4(10)6(12)5(11)3(9)1-8/h1,3-6,9-12H,2,7H2/t3-,4-,5-,6-/m1/s1. The molecule has 0 saturated heterocycles. The molecule has 0 fully saturated rings. The van der Waals surface area contributed by atoms with Crippen LogP contribution in [0.15, 0.2) is 0 Å². The summed E-state index contributed by atoms with van der Waals surface area (Å²) in [6, 6.07) is 0. The van der Waals surface area contributed by atoms with Crippen molar-refractivity contribution in [2.24, 2.45) is 5.90 Å². The largest absolute Gasteiger partial charge is 0.388 e. The van der Waals surface area contributed by atoms with Gasteiger partial charge >= 0.3 is 0 Å². The number of aldehydes is 1. The van der Waals surface area contributed by atoms with E-state index in [1.54, 1.807) is 0 Å². The Morgan fingerprint density at radius 2 is 1.77 bits per heavy atom. The smallest absolute Gasteiger partial charge is 0.151 e. The number of aliphatic hydroxyl groups excluding tert-OH is 4. The number of nitrogens with two attached hydrogens (primary N) is 1. The lowest BCUT2D eigenvalue weighted by molar-refractivity contribution is -0.138. The molecule has 0 unspecified atom stereocenters. The van der Waals surface area contributed by atoms with Crippen LogP contribution in [0.25, 0.3) is 0 Å². The summed E-state index contributed by atoms with van der Waals surface area (Å²) in [7, 11) is 0. The van der Waals surface area contributed by atoms with Crippen molar-refractivity contribution in [1.82, 2.24) is 0 Å². The Morgan fingerprint density at radius 3 is 2.15 bits per heavy atom. The maximum Gasteiger partial charge on any atom is 0.151 e. The van der Waals surface area contributed by atoms with Crippen molar-refractivity contribution in [1.29, 1.82) is 0 Å². The Bertz CT molecular complexity index is 154. The molecule has 0 aliphatic heterocycles. The summed E-state index contributed by atoms with van der Waals surface area (Å²) in [6.45, 7) is -0.413. The summed E-state index contributed by atoms with van der Waals surface area (Å²) in [5.74, 6) is 4.59. The summed E-state index contributed by atoms with van der Waals surface area (Å²) < 4.78 is 0. The van der Waals surface area contributed by atoms with Crippen molar-refractivity contribution in [2.45, 2.75) is 24.4 Å². The molecule has 0 aromatic rings. The first kappa shape index (κ1) is 12.4. The molecule has 0 saturated carbocycles. The first-order chi connectivity index (χ1) is 6.04. The van der Waals surface area contributed by atoms with Crippen molar-refractivity contribution in [3.63, 3.8) is 0 Å². The second-order valence-corrected chi connectivity index (χ2v) is 2.51. The Morgan fingerprint density at radius 1 is 1.23 bits per heavy atom. The lowest BCUT2D eigenvalue weighted by Gasteiger charge is -2.23. The quantitative estimate of drug-likeness (QED) is 0.219. The minimum Gasteiger partial charge on any atom is -0.388 e. The molecule has 0 radical (unpaired) electrons. The molecule has 0 aromatic carbocycles. The molecule has 0 bridgehead atoms. The summed E-state index contributed by atoms with van der Waals surface area (Å²) in [6.07, 6.45) is -6.62. The van der Waals surface area contributed by atoms with Gasteiger partial charge in [-0.3, -0.25) is 0 Å². The second-order valence-electron chi connectivity index (χ2n) is 2.51. The monoisotopic (exact) mass is 195 g/mol. The van der Waals surface area contributed by atoms with Gasteiger partial charge in [-0.15, -0.1) is 0 Å². The Labute approximate surface area is 74.3 Å². The van der Waals surface area contributed by atoms with E-state index in [0.717, 1.165) is 0 Å². The van der Waals surface area contributed by atoms with Gasteiger partial charge in [0.05, 0.1) is 6.61 Å². The number of hydrogen-bond acceptors (Lipinski definition) is 7. The fourth-order valence-corrected chi connectivity index (χ4v) is 0.707. The van der Waals surface area contributed by atoms with Crippen molar-refractivity contribution < 1.29 is 30.1 Å². The van der Waals surface area contributed by atoms with E-state index in [-0.39, 0.29) is 6.29 Å². The molecular formula is C6H13NO6. The predicted octanol–water partition coefficient (Wildman–Crippen LogP) is -3.48. The van der Waals surface area contributed by atoms with Crippen molar-refractivity contribution in [3.05, 3.63) is 0 Å². The zero-order chi connectivity index (χ0) is 10.4. The van der Waals surface area contributed by atoms with Crippen LogP contribution in [0.4, 0.5) is 0 Å². The van der Waals surface area contributed by atoms with Crippen LogP contribution < -0.4 is 5.90 Å². The van der Waals surface area contributed by atoms with Gasteiger partial charge in [0.2, 0.25) is 0 Å². The molecule has 0 spiro atoms. The highest BCUT2D eigenvalue weighted by Crippen LogP contribution is 2.03. The van der Waals surface area contributed by atoms with E-state index in [2.05, 4.69) is 10.7 Å². The highest BCUT2D eigenvalue weighted by Gasteiger charge is 2.29. The third kappa shape index (κ3) is 3.77. The SMILES string of the molecule is NOC[C@@H](O)[C@@H](O)[C@H](O)[C@H](O)C=O. The molecule has 0 aliphatic carbocycles. The number of hydrogen-bond donors (Lipinski definition) is 5. The highest BCUT2D eigenvalue weighted by atomic mass is 16.6. The van der Waals surface area contributed by atoms with Gasteiger partial charge in [-0.1, -0.05) is 0 Å². The van der Waals surface area contributed by atoms with Crippen LogP contribution in [0, 0.1) is 0 Å². The molecule has 0 rings (SSSR count). The fourth-order valence-electron chi connectivity index (χ4n) is 0.707. The predicted molar refractivity (Wildman–Crippen MR) is 40.2 cm³/mol. The number of carbonyl (C=O) groups is 1. The van der Waals surface area contributed by atoms with Gasteiger partial charge in [0.25, 0.3) is 0 Å². The average Bonchev–Trinajstić information content (AvgIpc) is 2.14. The maximum atomic E-state index is 9.97. The van der Waals surface area contributed by atoms with Crippen LogP contribution in [0.3, 0.4) is 0 Å². The lowest BCUT2D eigenvalue weighted by Crippen LogP contribution is -2.46. The lowest BCUT2D eigenvalue weighted by atomic mass is 10.0. The molecule has 78 valence electrons. The third-order valence-corrected chi connectivity index (χ3v) is 1.50. The molecule has 6 N–H and O–H groups in total. The Hall–Kier alpha value is -0.570. The number of carbonyl (C=O) groups excluding carboxylic acids is 1. The molecule has 4 atom stereocenters. The Balaban J connectivity index is 4.06. The van der Waals surface area contributed by atoms with Gasteiger partial charge < -0.3 is 30.1 Å². The van der Waals surface area contributed by atoms with Crippen LogP contribution in [-0.4, -0.2) is 57.7 Å². The second kappa shape index (κ2) is 5.97. The molecule has 0 amide bonds. The number of aliphatic hydroxyl groups is 4. The summed E-state index contributed by atoms with van der Waals surface area (Å²) in [5.41, 5.74) is 0. The van der Waals surface area contributed by atoms with Crippen LogP contribution in [0.1, 0.15) is 0 Å². The normalized spacial score (nSPS) is 20.4. The van der Waals surface area contributed by atoms with Crippen molar-refractivity contribution in [2.75, 3.05) is 6.61 Å². The van der Waals surface area contributed by atoms with Gasteiger partial charge in [-0.25, -0.2) is 5.90 Å². The van der Waals surface area contributed by atoms with Gasteiger partial charge in [0.15, 0.2) is 6.29 Å². The van der Waals surface area contributed by atoms with E-state index in [0.29, 0.717) is 0 Å². The molecule has 13 heavy (non-hydrogen) atoms. The summed E-state index contributed by atoms with van der Waals surface area (Å²) >= 11 is 0. The average molecular weight is 195 g/mol. The topological polar surface area (TPSA) is 133 Å². The van der Waals surface area contributed by atoms with E-state index in [4.69, 9.17) is 20.4 Å². The van der Waals surface area contributed by atoms with E-state index >= 15 is 0 Å².